The van der Waals surface area contributed by atoms with E-state index in [4.69, 9.17) is 15.0 Å². The summed E-state index contributed by atoms with van der Waals surface area (Å²) in [7, 11) is 0. The number of carbonyl (C=O) groups is 2. The van der Waals surface area contributed by atoms with Crippen molar-refractivity contribution in [1.82, 2.24) is 0 Å². The van der Waals surface area contributed by atoms with E-state index in [2.05, 4.69) is 19.1 Å². The highest BCUT2D eigenvalue weighted by atomic mass is 16.4. The Morgan fingerprint density at radius 1 is 1.12 bits per heavy atom. The van der Waals surface area contributed by atoms with Crippen LogP contribution in [0.4, 0.5) is 0 Å². The lowest BCUT2D eigenvalue weighted by molar-refractivity contribution is -0.137. The van der Waals surface area contributed by atoms with Crippen molar-refractivity contribution in [2.45, 2.75) is 27.2 Å². The molecule has 0 heterocycles. The van der Waals surface area contributed by atoms with Crippen LogP contribution >= 0.6 is 0 Å². The van der Waals surface area contributed by atoms with Crippen molar-refractivity contribution in [2.24, 2.45) is 0 Å². The third-order valence-electron chi connectivity index (χ3n) is 1.24. The summed E-state index contributed by atoms with van der Waals surface area (Å²) in [6.07, 6.45) is 0.222. The topological polar surface area (TPSA) is 74.6 Å². The van der Waals surface area contributed by atoms with Crippen LogP contribution in [0.25, 0.3) is 0 Å². The van der Waals surface area contributed by atoms with E-state index in [9.17, 15) is 4.79 Å². The Hall–Kier alpha value is -1.84. The Kier molecular flexibility index (Phi) is 11.6. The molecule has 2 N–H and O–H groups in total. The van der Waals surface area contributed by atoms with Crippen LogP contribution in [0.2, 0.25) is 0 Å². The number of aryl methyl sites for hydroxylation is 1. The van der Waals surface area contributed by atoms with E-state index in [1.54, 1.807) is 6.92 Å². The number of rotatable bonds is 1. The predicted molar refractivity (Wildman–Crippen MR) is 62.4 cm³/mol. The lowest BCUT2D eigenvalue weighted by atomic mass is 10.2. The van der Waals surface area contributed by atoms with Crippen molar-refractivity contribution < 1.29 is 19.8 Å². The molecule has 0 aliphatic heterocycles. The summed E-state index contributed by atoms with van der Waals surface area (Å²) in [5.74, 6) is -1.58. The van der Waals surface area contributed by atoms with Crippen molar-refractivity contribution in [3.8, 4) is 0 Å². The third-order valence-corrected chi connectivity index (χ3v) is 1.24. The standard InChI is InChI=1S/C7H8.C3H6O2.C2H4O2/c1-7-5-3-2-4-6-7;1-2-3(4)5;1-2(3)4/h2-6H,1H3;2H2,1H3,(H,4,5);1H3,(H,3,4). The molecular formula is C12H18O4. The second-order valence-corrected chi connectivity index (χ2v) is 2.92. The van der Waals surface area contributed by atoms with Gasteiger partial charge in [0.15, 0.2) is 0 Å². The monoisotopic (exact) mass is 226 g/mol. The molecule has 1 rings (SSSR count). The molecule has 0 radical (unpaired) electrons. The molecule has 0 saturated carbocycles. The first-order chi connectivity index (χ1) is 7.40. The molecule has 90 valence electrons. The summed E-state index contributed by atoms with van der Waals surface area (Å²) in [5.41, 5.74) is 1.32. The molecule has 1 aromatic carbocycles. The fraction of sp³-hybridized carbons (Fsp3) is 0.333. The Morgan fingerprint density at radius 3 is 1.56 bits per heavy atom. The van der Waals surface area contributed by atoms with Gasteiger partial charge in [0.2, 0.25) is 0 Å². The molecule has 0 aromatic heterocycles. The molecule has 0 saturated heterocycles. The number of hydrogen-bond acceptors (Lipinski definition) is 2. The first-order valence-electron chi connectivity index (χ1n) is 4.83. The zero-order chi connectivity index (χ0) is 13.0. The number of carboxylic acid groups (broad SMARTS) is 2. The molecule has 4 heteroatoms. The minimum absolute atomic E-state index is 0.222. The number of benzene rings is 1. The summed E-state index contributed by atoms with van der Waals surface area (Å²) in [6.45, 7) is 4.77. The van der Waals surface area contributed by atoms with Crippen LogP contribution in [0.15, 0.2) is 30.3 Å². The quantitative estimate of drug-likeness (QED) is 0.771. The van der Waals surface area contributed by atoms with E-state index in [1.165, 1.54) is 5.56 Å². The highest BCUT2D eigenvalue weighted by Gasteiger charge is 1.80. The van der Waals surface area contributed by atoms with E-state index >= 15 is 0 Å². The minimum atomic E-state index is -0.833. The van der Waals surface area contributed by atoms with Gasteiger partial charge in [-0.05, 0) is 6.92 Å². The van der Waals surface area contributed by atoms with Crippen LogP contribution in [-0.4, -0.2) is 22.2 Å². The van der Waals surface area contributed by atoms with Crippen molar-refractivity contribution in [3.63, 3.8) is 0 Å². The summed E-state index contributed by atoms with van der Waals surface area (Å²) >= 11 is 0. The highest BCUT2D eigenvalue weighted by Crippen LogP contribution is 1.92. The van der Waals surface area contributed by atoms with Gasteiger partial charge in [-0.3, -0.25) is 9.59 Å². The summed E-state index contributed by atoms with van der Waals surface area (Å²) in [4.78, 5) is 18.4. The first-order valence-corrected chi connectivity index (χ1v) is 4.83. The summed E-state index contributed by atoms with van der Waals surface area (Å²) in [5, 5.41) is 15.1. The van der Waals surface area contributed by atoms with Crippen molar-refractivity contribution in [2.75, 3.05) is 0 Å². The van der Waals surface area contributed by atoms with Gasteiger partial charge < -0.3 is 10.2 Å². The predicted octanol–water partition coefficient (Wildman–Crippen LogP) is 2.57. The van der Waals surface area contributed by atoms with Crippen LogP contribution in [-0.2, 0) is 9.59 Å². The molecule has 0 unspecified atom stereocenters. The van der Waals surface area contributed by atoms with Gasteiger partial charge >= 0.3 is 5.97 Å². The molecule has 0 amide bonds. The van der Waals surface area contributed by atoms with Crippen LogP contribution in [0, 0.1) is 6.92 Å². The maximum atomic E-state index is 9.37. The average molecular weight is 226 g/mol. The SMILES string of the molecule is CC(=O)O.CCC(=O)O.Cc1ccccc1. The summed E-state index contributed by atoms with van der Waals surface area (Å²) in [6, 6.07) is 10.3. The molecule has 16 heavy (non-hydrogen) atoms. The van der Waals surface area contributed by atoms with Gasteiger partial charge in [0.25, 0.3) is 5.97 Å². The Bertz CT molecular complexity index is 289. The Morgan fingerprint density at radius 2 is 1.44 bits per heavy atom. The van der Waals surface area contributed by atoms with Crippen molar-refractivity contribution in [1.29, 1.82) is 0 Å². The van der Waals surface area contributed by atoms with Crippen molar-refractivity contribution >= 4 is 11.9 Å². The molecule has 0 bridgehead atoms. The Labute approximate surface area is 95.5 Å². The van der Waals surface area contributed by atoms with Gasteiger partial charge in [-0.1, -0.05) is 42.8 Å². The molecule has 0 atom stereocenters. The van der Waals surface area contributed by atoms with Crippen LogP contribution in [0.5, 0.6) is 0 Å². The number of aliphatic carboxylic acids is 2. The largest absolute Gasteiger partial charge is 0.481 e. The molecule has 0 fully saturated rings. The Balaban J connectivity index is 0. The fourth-order valence-corrected chi connectivity index (χ4v) is 0.534. The van der Waals surface area contributed by atoms with Gasteiger partial charge in [0, 0.05) is 13.3 Å². The fourth-order valence-electron chi connectivity index (χ4n) is 0.534. The normalized spacial score (nSPS) is 7.69. The highest BCUT2D eigenvalue weighted by molar-refractivity contribution is 5.66. The van der Waals surface area contributed by atoms with E-state index in [0.717, 1.165) is 6.92 Å². The maximum Gasteiger partial charge on any atom is 0.303 e. The number of carboxylic acids is 2. The van der Waals surface area contributed by atoms with E-state index < -0.39 is 11.9 Å². The molecule has 1 aromatic rings. The minimum Gasteiger partial charge on any atom is -0.481 e. The van der Waals surface area contributed by atoms with E-state index in [-0.39, 0.29) is 6.42 Å². The second-order valence-electron chi connectivity index (χ2n) is 2.92. The number of hydrogen-bond donors (Lipinski definition) is 2. The van der Waals surface area contributed by atoms with Crippen LogP contribution < -0.4 is 0 Å². The lowest BCUT2D eigenvalue weighted by Crippen LogP contribution is -1.86. The first kappa shape index (κ1) is 16.6. The zero-order valence-corrected chi connectivity index (χ0v) is 9.80. The zero-order valence-electron chi connectivity index (χ0n) is 9.80. The van der Waals surface area contributed by atoms with Crippen molar-refractivity contribution in [3.05, 3.63) is 35.9 Å². The maximum absolute atomic E-state index is 9.37. The van der Waals surface area contributed by atoms with E-state index in [0.29, 0.717) is 0 Å². The smallest absolute Gasteiger partial charge is 0.303 e. The average Bonchev–Trinajstić information content (AvgIpc) is 2.19. The molecule has 0 spiro atoms. The molecule has 4 nitrogen and oxygen atoms in total. The molecule has 0 aliphatic rings. The van der Waals surface area contributed by atoms with Gasteiger partial charge in [-0.25, -0.2) is 0 Å². The lowest BCUT2D eigenvalue weighted by Gasteiger charge is -1.82. The third kappa shape index (κ3) is 22.7. The van der Waals surface area contributed by atoms with Gasteiger partial charge in [-0.15, -0.1) is 0 Å². The van der Waals surface area contributed by atoms with E-state index in [1.807, 2.05) is 18.2 Å². The van der Waals surface area contributed by atoms with Crippen LogP contribution in [0.3, 0.4) is 0 Å². The molecular weight excluding hydrogens is 208 g/mol. The van der Waals surface area contributed by atoms with Gasteiger partial charge in [0.1, 0.15) is 0 Å². The van der Waals surface area contributed by atoms with Gasteiger partial charge in [0.05, 0.1) is 0 Å². The summed E-state index contributed by atoms with van der Waals surface area (Å²) < 4.78 is 0. The van der Waals surface area contributed by atoms with Crippen LogP contribution in [0.1, 0.15) is 25.8 Å². The molecule has 0 aliphatic carbocycles. The second kappa shape index (κ2) is 11.2. The van der Waals surface area contributed by atoms with Gasteiger partial charge in [-0.2, -0.15) is 0 Å².